The third-order valence-corrected chi connectivity index (χ3v) is 6.48. The molecule has 0 radical (unpaired) electrons. The molecule has 0 fully saturated rings. The molecule has 2 heterocycles. The number of H-pyrrole nitrogens is 1. The van der Waals surface area contributed by atoms with Gasteiger partial charge in [-0.2, -0.15) is 0 Å². The number of nitrogens with zero attached hydrogens (tertiary/aromatic N) is 1. The number of benzene rings is 1. The first-order valence-corrected chi connectivity index (χ1v) is 10.5. The van der Waals surface area contributed by atoms with E-state index < -0.39 is 5.92 Å². The third-order valence-electron chi connectivity index (χ3n) is 5.33. The van der Waals surface area contributed by atoms with Gasteiger partial charge in [-0.3, -0.25) is 9.59 Å². The summed E-state index contributed by atoms with van der Waals surface area (Å²) in [7, 11) is 0. The number of rotatable bonds is 4. The molecule has 0 saturated carbocycles. The van der Waals surface area contributed by atoms with E-state index >= 15 is 0 Å². The predicted molar refractivity (Wildman–Crippen MR) is 108 cm³/mol. The van der Waals surface area contributed by atoms with Gasteiger partial charge in [-0.15, -0.1) is 0 Å². The first-order chi connectivity index (χ1) is 13.5. The minimum atomic E-state index is -0.529. The Kier molecular flexibility index (Phi) is 5.10. The molecule has 0 saturated heterocycles. The van der Waals surface area contributed by atoms with E-state index in [1.54, 1.807) is 12.1 Å². The Morgan fingerprint density at radius 2 is 2.00 bits per heavy atom. The number of hydrogen-bond donors (Lipinski definition) is 2. The van der Waals surface area contributed by atoms with E-state index in [1.165, 1.54) is 23.9 Å². The van der Waals surface area contributed by atoms with Gasteiger partial charge in [0, 0.05) is 28.9 Å². The van der Waals surface area contributed by atoms with Gasteiger partial charge in [0.05, 0.1) is 5.56 Å². The minimum Gasteiger partial charge on any atom is -0.343 e. The van der Waals surface area contributed by atoms with Gasteiger partial charge in [-0.25, -0.2) is 9.37 Å². The van der Waals surface area contributed by atoms with Crippen molar-refractivity contribution in [3.05, 3.63) is 62.8 Å². The number of carbonyl (C=O) groups is 1. The van der Waals surface area contributed by atoms with Crippen LogP contribution in [0.2, 0.25) is 0 Å². The van der Waals surface area contributed by atoms with Crippen LogP contribution in [0.15, 0.2) is 45.5 Å². The Bertz CT molecular complexity index is 1010. The number of halogens is 1. The van der Waals surface area contributed by atoms with Crippen molar-refractivity contribution >= 4 is 23.4 Å². The van der Waals surface area contributed by atoms with E-state index in [0.717, 1.165) is 30.5 Å². The molecule has 1 aliphatic heterocycles. The molecular weight excluding hydrogens is 377 g/mol. The summed E-state index contributed by atoms with van der Waals surface area (Å²) < 4.78 is 13.5. The van der Waals surface area contributed by atoms with Crippen LogP contribution in [-0.2, 0) is 4.79 Å². The van der Waals surface area contributed by atoms with Gasteiger partial charge in [-0.1, -0.05) is 37.7 Å². The number of aromatic nitrogens is 2. The second kappa shape index (κ2) is 7.54. The maximum Gasteiger partial charge on any atom is 0.257 e. The first kappa shape index (κ1) is 18.9. The highest BCUT2D eigenvalue weighted by Gasteiger charge is 2.37. The Labute approximate surface area is 166 Å². The van der Waals surface area contributed by atoms with Crippen LogP contribution in [0.25, 0.3) is 0 Å². The number of carbonyl (C=O) groups excluding carboxylic acids is 1. The molecule has 1 aromatic carbocycles. The molecule has 2 N–H and O–H groups in total. The van der Waals surface area contributed by atoms with Gasteiger partial charge >= 0.3 is 0 Å². The lowest BCUT2D eigenvalue weighted by Crippen LogP contribution is -2.32. The molecule has 2 aromatic rings. The van der Waals surface area contributed by atoms with Crippen molar-refractivity contribution in [2.24, 2.45) is 0 Å². The molecule has 146 valence electrons. The zero-order chi connectivity index (χ0) is 19.8. The summed E-state index contributed by atoms with van der Waals surface area (Å²) >= 11 is 1.52. The standard InChI is InChI=1S/C21H22FN3O2S/c1-3-11(2)28-21-24-19-18(20(27)25-21)16(12-7-9-13(22)10-8-12)17-14(23-19)5-4-6-15(17)26/h7-11,16H,3-6H2,1-2H3,(H2,23,24,25,27)/t11-,16-/m1/s1. The number of anilines is 1. The fourth-order valence-electron chi connectivity index (χ4n) is 3.76. The highest BCUT2D eigenvalue weighted by molar-refractivity contribution is 7.99. The van der Waals surface area contributed by atoms with E-state index in [9.17, 15) is 14.0 Å². The normalized spacial score (nSPS) is 19.7. The van der Waals surface area contributed by atoms with Crippen molar-refractivity contribution in [1.29, 1.82) is 0 Å². The fraction of sp³-hybridized carbons (Fsp3) is 0.381. The lowest BCUT2D eigenvalue weighted by Gasteiger charge is -2.32. The summed E-state index contributed by atoms with van der Waals surface area (Å²) in [6.07, 6.45) is 2.93. The molecule has 7 heteroatoms. The van der Waals surface area contributed by atoms with E-state index in [-0.39, 0.29) is 17.2 Å². The number of hydrogen-bond acceptors (Lipinski definition) is 5. The Morgan fingerprint density at radius 3 is 2.71 bits per heavy atom. The Hall–Kier alpha value is -2.41. The SMILES string of the molecule is CC[C@@H](C)Sc1nc2c(c(=O)[nH]1)[C@H](c1ccc(F)cc1)C1=C(CCCC1=O)N2. The Balaban J connectivity index is 1.88. The zero-order valence-electron chi connectivity index (χ0n) is 15.8. The topological polar surface area (TPSA) is 74.8 Å². The second-order valence-electron chi connectivity index (χ2n) is 7.25. The molecule has 1 aliphatic carbocycles. The number of nitrogens with one attached hydrogen (secondary N) is 2. The molecule has 2 aliphatic rings. The molecule has 0 bridgehead atoms. The van der Waals surface area contributed by atoms with Crippen molar-refractivity contribution in [3.63, 3.8) is 0 Å². The fourth-order valence-corrected chi connectivity index (χ4v) is 4.60. The maximum absolute atomic E-state index is 13.5. The summed E-state index contributed by atoms with van der Waals surface area (Å²) in [6, 6.07) is 6.00. The van der Waals surface area contributed by atoms with Gasteiger partial charge in [0.1, 0.15) is 11.6 Å². The van der Waals surface area contributed by atoms with E-state index in [0.29, 0.717) is 33.8 Å². The van der Waals surface area contributed by atoms with Crippen LogP contribution in [0.4, 0.5) is 10.2 Å². The summed E-state index contributed by atoms with van der Waals surface area (Å²) in [5.74, 6) is -0.350. The van der Waals surface area contributed by atoms with Crippen LogP contribution in [0.1, 0.15) is 56.6 Å². The van der Waals surface area contributed by atoms with Gasteiger partial charge in [0.15, 0.2) is 10.9 Å². The molecule has 4 rings (SSSR count). The quantitative estimate of drug-likeness (QED) is 0.590. The van der Waals surface area contributed by atoms with Gasteiger partial charge in [0.25, 0.3) is 5.56 Å². The zero-order valence-corrected chi connectivity index (χ0v) is 16.7. The highest BCUT2D eigenvalue weighted by atomic mass is 32.2. The average Bonchev–Trinajstić information content (AvgIpc) is 2.67. The van der Waals surface area contributed by atoms with E-state index in [4.69, 9.17) is 0 Å². The van der Waals surface area contributed by atoms with E-state index in [1.807, 2.05) is 0 Å². The van der Waals surface area contributed by atoms with Crippen molar-refractivity contribution < 1.29 is 9.18 Å². The third kappa shape index (κ3) is 3.39. The largest absolute Gasteiger partial charge is 0.343 e. The Morgan fingerprint density at radius 1 is 1.25 bits per heavy atom. The number of Topliss-reactive ketones (excluding diaryl/α,β-unsaturated/α-hetero) is 1. The molecule has 0 unspecified atom stereocenters. The molecule has 28 heavy (non-hydrogen) atoms. The summed E-state index contributed by atoms with van der Waals surface area (Å²) in [5, 5.41) is 4.14. The number of fused-ring (bicyclic) bond motifs is 1. The number of aromatic amines is 1. The van der Waals surface area contributed by atoms with Crippen LogP contribution in [0, 0.1) is 5.82 Å². The van der Waals surface area contributed by atoms with Crippen LogP contribution >= 0.6 is 11.8 Å². The second-order valence-corrected chi connectivity index (χ2v) is 8.68. The highest BCUT2D eigenvalue weighted by Crippen LogP contribution is 2.43. The van der Waals surface area contributed by atoms with Crippen molar-refractivity contribution in [2.45, 2.75) is 55.9 Å². The average molecular weight is 399 g/mol. The molecule has 1 aromatic heterocycles. The first-order valence-electron chi connectivity index (χ1n) is 9.57. The smallest absolute Gasteiger partial charge is 0.257 e. The molecule has 0 amide bonds. The van der Waals surface area contributed by atoms with Crippen molar-refractivity contribution in [2.75, 3.05) is 5.32 Å². The molecule has 2 atom stereocenters. The summed E-state index contributed by atoms with van der Waals surface area (Å²) in [5.41, 5.74) is 2.33. The monoisotopic (exact) mass is 399 g/mol. The summed E-state index contributed by atoms with van der Waals surface area (Å²) in [6.45, 7) is 4.17. The maximum atomic E-state index is 13.5. The summed E-state index contributed by atoms with van der Waals surface area (Å²) in [4.78, 5) is 33.3. The van der Waals surface area contributed by atoms with Crippen LogP contribution in [0.3, 0.4) is 0 Å². The van der Waals surface area contributed by atoms with Crippen LogP contribution in [0.5, 0.6) is 0 Å². The number of thioether (sulfide) groups is 1. The van der Waals surface area contributed by atoms with Gasteiger partial charge in [-0.05, 0) is 37.0 Å². The molecule has 5 nitrogen and oxygen atoms in total. The predicted octanol–water partition coefficient (Wildman–Crippen LogP) is 4.36. The molecular formula is C21H22FN3O2S. The lowest BCUT2D eigenvalue weighted by molar-refractivity contribution is -0.116. The van der Waals surface area contributed by atoms with Crippen molar-refractivity contribution in [1.82, 2.24) is 9.97 Å². The van der Waals surface area contributed by atoms with Gasteiger partial charge < -0.3 is 10.3 Å². The van der Waals surface area contributed by atoms with Crippen LogP contribution < -0.4 is 10.9 Å². The van der Waals surface area contributed by atoms with Crippen molar-refractivity contribution in [3.8, 4) is 0 Å². The number of allylic oxidation sites excluding steroid dienone is 2. The van der Waals surface area contributed by atoms with E-state index in [2.05, 4.69) is 29.1 Å². The lowest BCUT2D eigenvalue weighted by atomic mass is 9.76. The molecule has 0 spiro atoms. The number of ketones is 1. The minimum absolute atomic E-state index is 0.0335. The van der Waals surface area contributed by atoms with Gasteiger partial charge in [0.2, 0.25) is 0 Å². The van der Waals surface area contributed by atoms with Crippen LogP contribution in [-0.4, -0.2) is 21.0 Å².